The molecule has 0 amide bonds. The number of ketones is 2. The normalized spacial score (nSPS) is 30.3. The van der Waals surface area contributed by atoms with E-state index in [0.717, 1.165) is 19.3 Å². The van der Waals surface area contributed by atoms with Crippen LogP contribution in [0.25, 0.3) is 0 Å². The Labute approximate surface area is 88.5 Å². The Morgan fingerprint density at radius 1 is 1.53 bits per heavy atom. The highest BCUT2D eigenvalue weighted by atomic mass is 16.3. The molecule has 1 N–H and O–H groups in total. The number of hydrogen-bond acceptors (Lipinski definition) is 3. The van der Waals surface area contributed by atoms with Gasteiger partial charge in [0.15, 0.2) is 11.5 Å². The second-order valence-electron chi connectivity index (χ2n) is 4.34. The molecule has 0 fully saturated rings. The van der Waals surface area contributed by atoms with Gasteiger partial charge in [-0.2, -0.15) is 0 Å². The summed E-state index contributed by atoms with van der Waals surface area (Å²) in [5.74, 6) is -0.783. The Hall–Kier alpha value is -1.38. The molecule has 1 unspecified atom stereocenters. The summed E-state index contributed by atoms with van der Waals surface area (Å²) in [7, 11) is 0. The Bertz CT molecular complexity index is 390. The fourth-order valence-electron chi connectivity index (χ4n) is 2.41. The standard InChI is InChI=1S/C12H14O3/c1-8(13)9-7-12(11(15)10(9)14)5-3-2-4-6-12/h3,5,14H,2,4,6-7H2,1H3. The van der Waals surface area contributed by atoms with E-state index >= 15 is 0 Å². The minimum atomic E-state index is -0.608. The largest absolute Gasteiger partial charge is 0.504 e. The zero-order chi connectivity index (χ0) is 11.1. The van der Waals surface area contributed by atoms with E-state index in [1.807, 2.05) is 12.2 Å². The number of Topliss-reactive ketones (excluding diaryl/α,β-unsaturated/α-hetero) is 2. The SMILES string of the molecule is CC(=O)C1=C(O)C(=O)C2(C=CCCC2)C1. The molecule has 1 atom stereocenters. The summed E-state index contributed by atoms with van der Waals surface area (Å²) in [6.45, 7) is 1.39. The maximum Gasteiger partial charge on any atom is 0.207 e. The van der Waals surface area contributed by atoms with Crippen LogP contribution in [0.5, 0.6) is 0 Å². The topological polar surface area (TPSA) is 54.4 Å². The number of aliphatic hydroxyl groups is 1. The summed E-state index contributed by atoms with van der Waals surface area (Å²) in [4.78, 5) is 23.1. The summed E-state index contributed by atoms with van der Waals surface area (Å²) in [6.07, 6.45) is 6.88. The van der Waals surface area contributed by atoms with E-state index in [-0.39, 0.29) is 17.3 Å². The number of aliphatic hydroxyl groups excluding tert-OH is 1. The van der Waals surface area contributed by atoms with Crippen LogP contribution in [0.1, 0.15) is 32.6 Å². The van der Waals surface area contributed by atoms with Crippen molar-refractivity contribution < 1.29 is 14.7 Å². The first kappa shape index (κ1) is 10.1. The van der Waals surface area contributed by atoms with Crippen LogP contribution in [-0.2, 0) is 9.59 Å². The van der Waals surface area contributed by atoms with E-state index in [2.05, 4.69) is 0 Å². The van der Waals surface area contributed by atoms with Crippen LogP contribution in [0.2, 0.25) is 0 Å². The summed E-state index contributed by atoms with van der Waals surface area (Å²) < 4.78 is 0. The van der Waals surface area contributed by atoms with Gasteiger partial charge in [0.2, 0.25) is 5.78 Å². The lowest BCUT2D eigenvalue weighted by Gasteiger charge is -2.26. The fraction of sp³-hybridized carbons (Fsp3) is 0.500. The van der Waals surface area contributed by atoms with Gasteiger partial charge in [-0.15, -0.1) is 0 Å². The van der Waals surface area contributed by atoms with E-state index < -0.39 is 5.41 Å². The molecule has 80 valence electrons. The van der Waals surface area contributed by atoms with Gasteiger partial charge in [0.05, 0.1) is 5.41 Å². The van der Waals surface area contributed by atoms with Gasteiger partial charge in [-0.3, -0.25) is 9.59 Å². The van der Waals surface area contributed by atoms with Crippen molar-refractivity contribution in [3.05, 3.63) is 23.5 Å². The lowest BCUT2D eigenvalue weighted by atomic mass is 9.75. The highest BCUT2D eigenvalue weighted by Crippen LogP contribution is 2.45. The summed E-state index contributed by atoms with van der Waals surface area (Å²) >= 11 is 0. The Balaban J connectivity index is 2.37. The second-order valence-corrected chi connectivity index (χ2v) is 4.34. The maximum atomic E-state index is 11.9. The molecule has 0 aromatic heterocycles. The van der Waals surface area contributed by atoms with Crippen molar-refractivity contribution in [2.45, 2.75) is 32.6 Å². The van der Waals surface area contributed by atoms with Crippen molar-refractivity contribution in [1.82, 2.24) is 0 Å². The Morgan fingerprint density at radius 3 is 2.73 bits per heavy atom. The van der Waals surface area contributed by atoms with E-state index in [1.54, 1.807) is 0 Å². The van der Waals surface area contributed by atoms with Crippen LogP contribution in [0, 0.1) is 5.41 Å². The summed E-state index contributed by atoms with van der Waals surface area (Å²) in [5.41, 5.74) is -0.310. The quantitative estimate of drug-likeness (QED) is 0.668. The average molecular weight is 206 g/mol. The molecule has 0 radical (unpaired) electrons. The second kappa shape index (κ2) is 3.33. The molecule has 0 aliphatic heterocycles. The number of carbonyl (C=O) groups excluding carboxylic acids is 2. The van der Waals surface area contributed by atoms with E-state index in [1.165, 1.54) is 6.92 Å². The van der Waals surface area contributed by atoms with E-state index in [9.17, 15) is 14.7 Å². The summed E-state index contributed by atoms with van der Waals surface area (Å²) in [6, 6.07) is 0. The number of carbonyl (C=O) groups is 2. The molecule has 2 rings (SSSR count). The molecule has 0 heterocycles. The van der Waals surface area contributed by atoms with Crippen LogP contribution >= 0.6 is 0 Å². The van der Waals surface area contributed by atoms with Crippen LogP contribution in [0.3, 0.4) is 0 Å². The lowest BCUT2D eigenvalue weighted by molar-refractivity contribution is -0.124. The molecule has 0 saturated heterocycles. The van der Waals surface area contributed by atoms with Crippen molar-refractivity contribution in [1.29, 1.82) is 0 Å². The van der Waals surface area contributed by atoms with Crippen LogP contribution < -0.4 is 0 Å². The van der Waals surface area contributed by atoms with Gasteiger partial charge in [0.25, 0.3) is 0 Å². The molecule has 3 nitrogen and oxygen atoms in total. The first-order chi connectivity index (χ1) is 7.07. The van der Waals surface area contributed by atoms with Gasteiger partial charge in [0, 0.05) is 5.57 Å². The molecule has 3 heteroatoms. The van der Waals surface area contributed by atoms with Crippen molar-refractivity contribution in [3.63, 3.8) is 0 Å². The third-order valence-corrected chi connectivity index (χ3v) is 3.30. The number of allylic oxidation sites excluding steroid dienone is 4. The van der Waals surface area contributed by atoms with Crippen molar-refractivity contribution in [2.75, 3.05) is 0 Å². The maximum absolute atomic E-state index is 11.9. The highest BCUT2D eigenvalue weighted by molar-refractivity contribution is 6.11. The van der Waals surface area contributed by atoms with Gasteiger partial charge < -0.3 is 5.11 Å². The van der Waals surface area contributed by atoms with Gasteiger partial charge in [-0.05, 0) is 32.6 Å². The molecular formula is C12H14O3. The molecular weight excluding hydrogens is 192 g/mol. The Morgan fingerprint density at radius 2 is 2.27 bits per heavy atom. The van der Waals surface area contributed by atoms with Gasteiger partial charge in [0.1, 0.15) is 0 Å². The smallest absolute Gasteiger partial charge is 0.207 e. The predicted molar refractivity (Wildman–Crippen MR) is 55.4 cm³/mol. The molecule has 0 aromatic carbocycles. The van der Waals surface area contributed by atoms with Crippen LogP contribution in [0.4, 0.5) is 0 Å². The average Bonchev–Trinajstić information content (AvgIpc) is 2.46. The monoisotopic (exact) mass is 206 g/mol. The number of hydrogen-bond donors (Lipinski definition) is 1. The highest BCUT2D eigenvalue weighted by Gasteiger charge is 2.46. The molecule has 15 heavy (non-hydrogen) atoms. The zero-order valence-corrected chi connectivity index (χ0v) is 8.75. The summed E-state index contributed by atoms with van der Waals surface area (Å²) in [5, 5.41) is 9.62. The molecule has 0 bridgehead atoms. The molecule has 0 aromatic rings. The van der Waals surface area contributed by atoms with E-state index in [4.69, 9.17) is 0 Å². The third-order valence-electron chi connectivity index (χ3n) is 3.30. The van der Waals surface area contributed by atoms with Crippen LogP contribution in [0.15, 0.2) is 23.5 Å². The lowest BCUT2D eigenvalue weighted by Crippen LogP contribution is -2.27. The first-order valence-corrected chi connectivity index (χ1v) is 5.22. The molecule has 2 aliphatic carbocycles. The van der Waals surface area contributed by atoms with Crippen molar-refractivity contribution in [3.8, 4) is 0 Å². The minimum Gasteiger partial charge on any atom is -0.504 e. The fourth-order valence-corrected chi connectivity index (χ4v) is 2.41. The molecule has 1 spiro atoms. The van der Waals surface area contributed by atoms with Crippen molar-refractivity contribution in [2.24, 2.45) is 5.41 Å². The van der Waals surface area contributed by atoms with Gasteiger partial charge in [-0.1, -0.05) is 12.2 Å². The zero-order valence-electron chi connectivity index (χ0n) is 8.75. The van der Waals surface area contributed by atoms with E-state index in [0.29, 0.717) is 12.0 Å². The first-order valence-electron chi connectivity index (χ1n) is 5.22. The van der Waals surface area contributed by atoms with Gasteiger partial charge in [-0.25, -0.2) is 0 Å². The van der Waals surface area contributed by atoms with Crippen molar-refractivity contribution >= 4 is 11.6 Å². The van der Waals surface area contributed by atoms with Crippen LogP contribution in [-0.4, -0.2) is 16.7 Å². The molecule has 0 saturated carbocycles. The minimum absolute atomic E-state index is 0.198. The Kier molecular flexibility index (Phi) is 2.25. The molecule has 2 aliphatic rings. The third kappa shape index (κ3) is 1.42. The number of rotatable bonds is 1. The predicted octanol–water partition coefficient (Wildman–Crippen LogP) is 2.09. The van der Waals surface area contributed by atoms with Gasteiger partial charge >= 0.3 is 0 Å².